The first-order valence-corrected chi connectivity index (χ1v) is 9.57. The maximum atomic E-state index is 13.3. The molecule has 0 bridgehead atoms. The maximum Gasteiger partial charge on any atom is 0.257 e. The highest BCUT2D eigenvalue weighted by atomic mass is 16.5. The fourth-order valence-electron chi connectivity index (χ4n) is 3.55. The van der Waals surface area contributed by atoms with Crippen molar-refractivity contribution in [3.8, 4) is 0 Å². The summed E-state index contributed by atoms with van der Waals surface area (Å²) < 4.78 is 7.71. The van der Waals surface area contributed by atoms with Gasteiger partial charge >= 0.3 is 0 Å². The lowest BCUT2D eigenvalue weighted by Gasteiger charge is -2.26. The molecular weight excluding hydrogens is 326 g/mol. The second-order valence-corrected chi connectivity index (χ2v) is 7.18. The third kappa shape index (κ3) is 4.33. The quantitative estimate of drug-likeness (QED) is 0.760. The zero-order chi connectivity index (χ0) is 18.5. The number of benzene rings is 1. The van der Waals surface area contributed by atoms with Crippen molar-refractivity contribution in [3.63, 3.8) is 0 Å². The number of carbonyl (C=O) groups excluding carboxylic acids is 1. The second-order valence-electron chi connectivity index (χ2n) is 7.18. The van der Waals surface area contributed by atoms with E-state index in [0.717, 1.165) is 43.7 Å². The minimum Gasteiger partial charge on any atom is -0.376 e. The Balaban J connectivity index is 1.82. The van der Waals surface area contributed by atoms with Crippen molar-refractivity contribution in [1.82, 2.24) is 14.7 Å². The molecule has 0 N–H and O–H groups in total. The van der Waals surface area contributed by atoms with Crippen LogP contribution >= 0.6 is 0 Å². The summed E-state index contributed by atoms with van der Waals surface area (Å²) in [7, 11) is 0. The predicted molar refractivity (Wildman–Crippen MR) is 102 cm³/mol. The van der Waals surface area contributed by atoms with Gasteiger partial charge in [0.15, 0.2) is 0 Å². The van der Waals surface area contributed by atoms with Crippen LogP contribution in [0.15, 0.2) is 30.5 Å². The molecule has 1 aliphatic heterocycles. The van der Waals surface area contributed by atoms with Gasteiger partial charge in [-0.1, -0.05) is 36.8 Å². The van der Waals surface area contributed by atoms with Gasteiger partial charge in [0.1, 0.15) is 0 Å². The van der Waals surface area contributed by atoms with E-state index in [1.54, 1.807) is 6.20 Å². The van der Waals surface area contributed by atoms with Crippen LogP contribution in [0.25, 0.3) is 0 Å². The van der Waals surface area contributed by atoms with Gasteiger partial charge in [-0.25, -0.2) is 0 Å². The van der Waals surface area contributed by atoms with Gasteiger partial charge < -0.3 is 9.64 Å². The molecule has 140 valence electrons. The van der Waals surface area contributed by atoms with Crippen LogP contribution < -0.4 is 0 Å². The molecule has 0 spiro atoms. The molecule has 1 amide bonds. The third-order valence-electron chi connectivity index (χ3n) is 4.96. The van der Waals surface area contributed by atoms with E-state index in [0.29, 0.717) is 18.7 Å². The normalized spacial score (nSPS) is 16.8. The number of amides is 1. The number of rotatable bonds is 7. The van der Waals surface area contributed by atoms with E-state index < -0.39 is 0 Å². The van der Waals surface area contributed by atoms with Crippen molar-refractivity contribution in [3.05, 3.63) is 52.8 Å². The Hall–Kier alpha value is -2.14. The molecule has 5 nitrogen and oxygen atoms in total. The predicted octanol–water partition coefficient (Wildman–Crippen LogP) is 3.73. The SMILES string of the molecule is CCCn1ncc(C(=O)N(Cc2cccc(C)c2)C[C@H]2CCCO2)c1C. The summed E-state index contributed by atoms with van der Waals surface area (Å²) in [6.07, 6.45) is 4.94. The molecule has 26 heavy (non-hydrogen) atoms. The summed E-state index contributed by atoms with van der Waals surface area (Å²) in [6, 6.07) is 8.35. The van der Waals surface area contributed by atoms with Gasteiger partial charge in [0.05, 0.1) is 17.9 Å². The van der Waals surface area contributed by atoms with Gasteiger partial charge in [0, 0.05) is 31.9 Å². The lowest BCUT2D eigenvalue weighted by atomic mass is 10.1. The summed E-state index contributed by atoms with van der Waals surface area (Å²) in [5.74, 6) is 0.0434. The average molecular weight is 355 g/mol. The molecule has 1 saturated heterocycles. The number of aryl methyl sites for hydroxylation is 2. The second kappa shape index (κ2) is 8.49. The van der Waals surface area contributed by atoms with Gasteiger partial charge in [-0.3, -0.25) is 9.48 Å². The number of hydrogen-bond acceptors (Lipinski definition) is 3. The van der Waals surface area contributed by atoms with Crippen molar-refractivity contribution >= 4 is 5.91 Å². The van der Waals surface area contributed by atoms with Crippen LogP contribution in [-0.4, -0.2) is 39.8 Å². The summed E-state index contributed by atoms with van der Waals surface area (Å²) in [6.45, 7) is 9.03. The molecule has 1 aromatic carbocycles. The Kier molecular flexibility index (Phi) is 6.09. The number of hydrogen-bond donors (Lipinski definition) is 0. The molecule has 1 atom stereocenters. The summed E-state index contributed by atoms with van der Waals surface area (Å²) in [4.78, 5) is 15.2. The van der Waals surface area contributed by atoms with Gasteiger partial charge in [0.2, 0.25) is 0 Å². The first-order valence-electron chi connectivity index (χ1n) is 9.57. The van der Waals surface area contributed by atoms with Gasteiger partial charge in [0.25, 0.3) is 5.91 Å². The molecular formula is C21H29N3O2. The molecule has 2 aromatic rings. The largest absolute Gasteiger partial charge is 0.376 e. The lowest BCUT2D eigenvalue weighted by Crippen LogP contribution is -2.37. The van der Waals surface area contributed by atoms with Crippen LogP contribution in [0.3, 0.4) is 0 Å². The smallest absolute Gasteiger partial charge is 0.257 e. The van der Waals surface area contributed by atoms with E-state index in [1.807, 2.05) is 22.6 Å². The van der Waals surface area contributed by atoms with Crippen LogP contribution in [0.4, 0.5) is 0 Å². The molecule has 1 fully saturated rings. The van der Waals surface area contributed by atoms with Crippen molar-refractivity contribution in [2.24, 2.45) is 0 Å². The molecule has 1 aliphatic rings. The van der Waals surface area contributed by atoms with Crippen LogP contribution in [0.2, 0.25) is 0 Å². The maximum absolute atomic E-state index is 13.3. The number of carbonyl (C=O) groups is 1. The van der Waals surface area contributed by atoms with Gasteiger partial charge in [-0.2, -0.15) is 5.10 Å². The van der Waals surface area contributed by atoms with Crippen LogP contribution in [-0.2, 0) is 17.8 Å². The van der Waals surface area contributed by atoms with Crippen molar-refractivity contribution in [2.75, 3.05) is 13.2 Å². The Morgan fingerprint density at radius 3 is 2.92 bits per heavy atom. The Labute approximate surface area is 156 Å². The van der Waals surface area contributed by atoms with E-state index in [-0.39, 0.29) is 12.0 Å². The van der Waals surface area contributed by atoms with Crippen LogP contribution in [0.1, 0.15) is 53.4 Å². The molecule has 5 heteroatoms. The molecule has 0 saturated carbocycles. The standard InChI is InChI=1S/C21H29N3O2/c1-4-10-24-17(3)20(13-22-24)21(25)23(15-19-9-6-11-26-19)14-18-8-5-7-16(2)12-18/h5,7-8,12-13,19H,4,6,9-11,14-15H2,1-3H3/t19-/m1/s1. The highest BCUT2D eigenvalue weighted by Crippen LogP contribution is 2.19. The zero-order valence-electron chi connectivity index (χ0n) is 16.1. The third-order valence-corrected chi connectivity index (χ3v) is 4.96. The summed E-state index contributed by atoms with van der Waals surface area (Å²) >= 11 is 0. The van der Waals surface area contributed by atoms with E-state index in [4.69, 9.17) is 4.74 Å². The van der Waals surface area contributed by atoms with Crippen LogP contribution in [0.5, 0.6) is 0 Å². The topological polar surface area (TPSA) is 47.4 Å². The molecule has 1 aromatic heterocycles. The summed E-state index contributed by atoms with van der Waals surface area (Å²) in [5.41, 5.74) is 4.00. The van der Waals surface area contributed by atoms with E-state index in [9.17, 15) is 4.79 Å². The van der Waals surface area contributed by atoms with Crippen molar-refractivity contribution < 1.29 is 9.53 Å². The molecule has 0 aliphatic carbocycles. The van der Waals surface area contributed by atoms with Crippen molar-refractivity contribution in [1.29, 1.82) is 0 Å². The number of ether oxygens (including phenoxy) is 1. The molecule has 0 radical (unpaired) electrons. The summed E-state index contributed by atoms with van der Waals surface area (Å²) in [5, 5.41) is 4.40. The number of nitrogens with zero attached hydrogens (tertiary/aromatic N) is 3. The Morgan fingerprint density at radius 1 is 1.38 bits per heavy atom. The fraction of sp³-hybridized carbons (Fsp3) is 0.524. The average Bonchev–Trinajstić information content (AvgIpc) is 3.25. The highest BCUT2D eigenvalue weighted by Gasteiger charge is 2.26. The minimum absolute atomic E-state index is 0.0434. The molecule has 0 unspecified atom stereocenters. The first kappa shape index (κ1) is 18.6. The van der Waals surface area contributed by atoms with Crippen LogP contribution in [0, 0.1) is 13.8 Å². The molecule has 3 rings (SSSR count). The van der Waals surface area contributed by atoms with Gasteiger partial charge in [-0.05, 0) is 38.7 Å². The fourth-order valence-corrected chi connectivity index (χ4v) is 3.55. The van der Waals surface area contributed by atoms with Gasteiger partial charge in [-0.15, -0.1) is 0 Å². The zero-order valence-corrected chi connectivity index (χ0v) is 16.1. The number of aromatic nitrogens is 2. The molecule has 2 heterocycles. The van der Waals surface area contributed by atoms with Crippen molar-refractivity contribution in [2.45, 2.75) is 59.2 Å². The lowest BCUT2D eigenvalue weighted by molar-refractivity contribution is 0.0506. The Bertz CT molecular complexity index is 747. The highest BCUT2D eigenvalue weighted by molar-refractivity contribution is 5.95. The minimum atomic E-state index is 0.0434. The Morgan fingerprint density at radius 2 is 2.23 bits per heavy atom. The monoisotopic (exact) mass is 355 g/mol. The van der Waals surface area contributed by atoms with E-state index in [1.165, 1.54) is 5.56 Å². The first-order chi connectivity index (χ1) is 12.6. The van der Waals surface area contributed by atoms with E-state index >= 15 is 0 Å². The van der Waals surface area contributed by atoms with E-state index in [2.05, 4.69) is 37.1 Å².